The quantitative estimate of drug-likeness (QED) is 0.391. The number of rotatable bonds is 5. The fraction of sp³-hybridized carbons (Fsp3) is 0.459. The molecule has 2 atom stereocenters. The van der Waals surface area contributed by atoms with Crippen LogP contribution >= 0.6 is 0 Å². The van der Waals surface area contributed by atoms with Crippen LogP contribution in [0.3, 0.4) is 0 Å². The third-order valence-electron chi connectivity index (χ3n) is 10.3. The Morgan fingerprint density at radius 2 is 1.73 bits per heavy atom. The molecule has 2 aromatic rings. The first kappa shape index (κ1) is 26.0. The van der Waals surface area contributed by atoms with Gasteiger partial charge in [0.2, 0.25) is 0 Å². The van der Waals surface area contributed by atoms with Crippen LogP contribution in [0.2, 0.25) is 0 Å². The van der Waals surface area contributed by atoms with Gasteiger partial charge in [-0.25, -0.2) is 0 Å². The summed E-state index contributed by atoms with van der Waals surface area (Å²) < 4.78 is 0. The molecule has 0 aromatic heterocycles. The van der Waals surface area contributed by atoms with Crippen molar-refractivity contribution in [3.8, 4) is 0 Å². The van der Waals surface area contributed by atoms with Gasteiger partial charge in [0.05, 0.1) is 0 Å². The van der Waals surface area contributed by atoms with Gasteiger partial charge in [-0.15, -0.1) is 0 Å². The Balaban J connectivity index is 1.61. The van der Waals surface area contributed by atoms with Crippen molar-refractivity contribution in [1.82, 2.24) is 0 Å². The average Bonchev–Trinajstić information content (AvgIpc) is 3.10. The van der Waals surface area contributed by atoms with E-state index >= 15 is 0 Å². The standard InChI is InChI=1S/C37H46/c1-10-37(9,31-18-14-12-16-25(31)3)27-19-20-29-32(22-27)36(7,8)33-23-28(21-26(4)34(29)33)35(5,6)30-17-13-11-15-24(30)2/h12-14,16-20,22-23,26H,10-11,15,21H2,1-9H3. The molecule has 2 aromatic carbocycles. The molecule has 5 rings (SSSR count). The maximum atomic E-state index is 2.61. The molecule has 194 valence electrons. The maximum absolute atomic E-state index is 2.61. The SMILES string of the molecule is CCC(C)(c1ccc2c(c1)C(C)(C)C1=C2C(C)CC(C(C)(C)C2=C(C)CCC=C2)=C1)c1ccccc1C. The first-order chi connectivity index (χ1) is 17.4. The largest absolute Gasteiger partial charge is 0.0839 e. The molecule has 3 aliphatic carbocycles. The van der Waals surface area contributed by atoms with Crippen LogP contribution in [0.5, 0.6) is 0 Å². The molecule has 0 amide bonds. The van der Waals surface area contributed by atoms with Gasteiger partial charge in [0.15, 0.2) is 0 Å². The van der Waals surface area contributed by atoms with Crippen LogP contribution in [0.4, 0.5) is 0 Å². The number of hydrogen-bond donors (Lipinski definition) is 0. The summed E-state index contributed by atoms with van der Waals surface area (Å²) in [5, 5.41) is 0. The topological polar surface area (TPSA) is 0 Å². The summed E-state index contributed by atoms with van der Waals surface area (Å²) in [7, 11) is 0. The number of fused-ring (bicyclic) bond motifs is 2. The molecule has 0 saturated heterocycles. The van der Waals surface area contributed by atoms with Gasteiger partial charge in [0.25, 0.3) is 0 Å². The van der Waals surface area contributed by atoms with Crippen LogP contribution in [0.15, 0.2) is 83.0 Å². The highest BCUT2D eigenvalue weighted by atomic mass is 14.5. The first-order valence-electron chi connectivity index (χ1n) is 14.5. The highest BCUT2D eigenvalue weighted by molar-refractivity contribution is 5.85. The fourth-order valence-electron chi connectivity index (χ4n) is 7.59. The summed E-state index contributed by atoms with van der Waals surface area (Å²) >= 11 is 0. The molecule has 0 spiro atoms. The summed E-state index contributed by atoms with van der Waals surface area (Å²) in [6, 6.07) is 16.4. The molecule has 0 bridgehead atoms. The van der Waals surface area contributed by atoms with Gasteiger partial charge in [-0.3, -0.25) is 0 Å². The van der Waals surface area contributed by atoms with Crippen LogP contribution in [0.25, 0.3) is 5.57 Å². The summed E-state index contributed by atoms with van der Waals surface area (Å²) in [6.07, 6.45) is 12.0. The predicted molar refractivity (Wildman–Crippen MR) is 161 cm³/mol. The summed E-state index contributed by atoms with van der Waals surface area (Å²) in [5.74, 6) is 0.531. The van der Waals surface area contributed by atoms with Gasteiger partial charge in [0, 0.05) is 16.2 Å². The normalized spacial score (nSPS) is 22.5. The lowest BCUT2D eigenvalue weighted by atomic mass is 9.66. The molecule has 0 heteroatoms. The molecular formula is C37H46. The third-order valence-corrected chi connectivity index (χ3v) is 10.3. The van der Waals surface area contributed by atoms with Gasteiger partial charge in [-0.05, 0) is 90.0 Å². The van der Waals surface area contributed by atoms with E-state index in [9.17, 15) is 0 Å². The molecule has 0 nitrogen and oxygen atoms in total. The smallest absolute Gasteiger partial charge is 0.0174 e. The van der Waals surface area contributed by atoms with Crippen molar-refractivity contribution in [2.24, 2.45) is 11.3 Å². The second-order valence-corrected chi connectivity index (χ2v) is 13.2. The van der Waals surface area contributed by atoms with E-state index < -0.39 is 0 Å². The van der Waals surface area contributed by atoms with Crippen molar-refractivity contribution in [3.05, 3.63) is 111 Å². The van der Waals surface area contributed by atoms with Crippen LogP contribution in [0.1, 0.15) is 109 Å². The summed E-state index contributed by atoms with van der Waals surface area (Å²) in [5.41, 5.74) is 15.2. The van der Waals surface area contributed by atoms with E-state index in [2.05, 4.69) is 123 Å². The first-order valence-corrected chi connectivity index (χ1v) is 14.5. The molecular weight excluding hydrogens is 444 g/mol. The second-order valence-electron chi connectivity index (χ2n) is 13.2. The van der Waals surface area contributed by atoms with E-state index in [1.54, 1.807) is 22.3 Å². The van der Waals surface area contributed by atoms with Crippen molar-refractivity contribution < 1.29 is 0 Å². The zero-order chi connectivity index (χ0) is 26.8. The number of hydrogen-bond acceptors (Lipinski definition) is 0. The predicted octanol–water partition coefficient (Wildman–Crippen LogP) is 10.4. The van der Waals surface area contributed by atoms with E-state index in [0.717, 1.165) is 12.8 Å². The van der Waals surface area contributed by atoms with E-state index in [4.69, 9.17) is 0 Å². The van der Waals surface area contributed by atoms with Crippen LogP contribution in [-0.4, -0.2) is 0 Å². The fourth-order valence-corrected chi connectivity index (χ4v) is 7.59. The zero-order valence-corrected chi connectivity index (χ0v) is 24.7. The van der Waals surface area contributed by atoms with E-state index in [-0.39, 0.29) is 16.2 Å². The highest BCUT2D eigenvalue weighted by Crippen LogP contribution is 2.56. The molecule has 0 N–H and O–H groups in total. The number of aryl methyl sites for hydroxylation is 1. The minimum Gasteiger partial charge on any atom is -0.0839 e. The molecule has 0 aliphatic heterocycles. The van der Waals surface area contributed by atoms with Crippen LogP contribution in [-0.2, 0) is 10.8 Å². The van der Waals surface area contributed by atoms with Crippen molar-refractivity contribution in [2.75, 3.05) is 0 Å². The second kappa shape index (κ2) is 9.00. The minimum absolute atomic E-state index is 0.00288. The average molecular weight is 491 g/mol. The third kappa shape index (κ3) is 3.94. The van der Waals surface area contributed by atoms with Crippen molar-refractivity contribution in [2.45, 2.75) is 98.8 Å². The molecule has 0 heterocycles. The lowest BCUT2D eigenvalue weighted by Gasteiger charge is -2.38. The number of allylic oxidation sites excluding steroid dienone is 8. The molecule has 2 unspecified atom stereocenters. The molecule has 37 heavy (non-hydrogen) atoms. The Hall–Kier alpha value is -2.60. The van der Waals surface area contributed by atoms with Crippen LogP contribution < -0.4 is 0 Å². The van der Waals surface area contributed by atoms with E-state index in [1.807, 2.05) is 0 Å². The molecule has 3 aliphatic rings. The van der Waals surface area contributed by atoms with Gasteiger partial charge in [-0.1, -0.05) is 120 Å². The van der Waals surface area contributed by atoms with Crippen molar-refractivity contribution >= 4 is 5.57 Å². The summed E-state index contributed by atoms with van der Waals surface area (Å²) in [6.45, 7) is 21.6. The van der Waals surface area contributed by atoms with E-state index in [0.29, 0.717) is 5.92 Å². The Morgan fingerprint density at radius 3 is 2.41 bits per heavy atom. The Bertz CT molecular complexity index is 1370. The molecule has 0 saturated carbocycles. The minimum atomic E-state index is 0.00288. The highest BCUT2D eigenvalue weighted by Gasteiger charge is 2.43. The van der Waals surface area contributed by atoms with Gasteiger partial charge >= 0.3 is 0 Å². The van der Waals surface area contributed by atoms with Gasteiger partial charge in [-0.2, -0.15) is 0 Å². The molecule has 0 radical (unpaired) electrons. The Morgan fingerprint density at radius 1 is 1.00 bits per heavy atom. The van der Waals surface area contributed by atoms with Crippen LogP contribution in [0, 0.1) is 18.3 Å². The monoisotopic (exact) mass is 490 g/mol. The van der Waals surface area contributed by atoms with Gasteiger partial charge in [0.1, 0.15) is 0 Å². The van der Waals surface area contributed by atoms with Gasteiger partial charge < -0.3 is 0 Å². The zero-order valence-electron chi connectivity index (χ0n) is 24.7. The lowest BCUT2D eigenvalue weighted by molar-refractivity contribution is 0.489. The van der Waals surface area contributed by atoms with Crippen molar-refractivity contribution in [3.63, 3.8) is 0 Å². The Kier molecular flexibility index (Phi) is 6.33. The van der Waals surface area contributed by atoms with E-state index in [1.165, 1.54) is 46.2 Å². The maximum Gasteiger partial charge on any atom is 0.0174 e. The van der Waals surface area contributed by atoms with Crippen molar-refractivity contribution in [1.29, 1.82) is 0 Å². The Labute approximate surface area is 226 Å². The summed E-state index contributed by atoms with van der Waals surface area (Å²) in [4.78, 5) is 0. The lowest BCUT2D eigenvalue weighted by Crippen LogP contribution is -2.26. The number of benzene rings is 2. The molecule has 0 fully saturated rings.